The molecule has 0 radical (unpaired) electrons. The Hall–Kier alpha value is -4.10. The zero-order valence-electron chi connectivity index (χ0n) is 36.1. The fraction of sp³-hybridized carbons (Fsp3) is 0.318. The van der Waals surface area contributed by atoms with Gasteiger partial charge in [-0.05, 0) is 134 Å². The third-order valence-corrected chi connectivity index (χ3v) is 20.0. The van der Waals surface area contributed by atoms with Crippen LogP contribution in [0.4, 0.5) is 0 Å². The normalized spacial score (nSPS) is 17.9. The molecule has 0 saturated heterocycles. The minimum atomic E-state index is -4.27. The lowest BCUT2D eigenvalue weighted by atomic mass is 10.2. The third-order valence-electron chi connectivity index (χ3n) is 8.50. The molecule has 5 aromatic rings. The van der Waals surface area contributed by atoms with Gasteiger partial charge < -0.3 is 31.7 Å². The van der Waals surface area contributed by atoms with Crippen molar-refractivity contribution in [1.29, 1.82) is 0 Å². The van der Waals surface area contributed by atoms with Crippen molar-refractivity contribution in [3.63, 3.8) is 0 Å². The van der Waals surface area contributed by atoms with E-state index in [2.05, 4.69) is 0 Å². The zero-order valence-corrected chi connectivity index (χ0v) is 39.7. The highest BCUT2D eigenvalue weighted by Gasteiger charge is 2.48. The quantitative estimate of drug-likeness (QED) is 0.0897. The molecule has 16 heteroatoms. The summed E-state index contributed by atoms with van der Waals surface area (Å²) in [5.74, 6) is 2.30. The van der Waals surface area contributed by atoms with Gasteiger partial charge in [0.15, 0.2) is 0 Å². The van der Waals surface area contributed by atoms with Crippen LogP contribution in [-0.4, -0.2) is 18.3 Å². The van der Waals surface area contributed by atoms with Crippen molar-refractivity contribution in [1.82, 2.24) is 0 Å². The lowest BCUT2D eigenvalue weighted by Gasteiger charge is -2.35. The van der Waals surface area contributed by atoms with Crippen LogP contribution < -0.4 is 22.6 Å². The monoisotopic (exact) mass is 892 g/mol. The van der Waals surface area contributed by atoms with Crippen molar-refractivity contribution >= 4 is 30.6 Å². The second kappa shape index (κ2) is 19.3. The number of benzene rings is 5. The van der Waals surface area contributed by atoms with Crippen LogP contribution in [0.5, 0.6) is 28.7 Å². The average molecular weight is 893 g/mol. The maximum absolute atomic E-state index is 7.20. The van der Waals surface area contributed by atoms with Crippen LogP contribution in [0.1, 0.15) is 69.4 Å². The third kappa shape index (κ3) is 11.4. The van der Waals surface area contributed by atoms with Crippen molar-refractivity contribution in [3.8, 4) is 28.7 Å². The summed E-state index contributed by atoms with van der Waals surface area (Å²) in [4.78, 5) is 0. The summed E-state index contributed by atoms with van der Waals surface area (Å²) in [5, 5.41) is 0. The largest absolute Gasteiger partial charge is 0.460 e. The molecular formula is C44H56N4O8P4. The molecule has 0 spiro atoms. The molecule has 320 valence electrons. The van der Waals surface area contributed by atoms with E-state index in [1.165, 1.54) is 0 Å². The zero-order chi connectivity index (χ0) is 43.1. The van der Waals surface area contributed by atoms with E-state index in [0.29, 0.717) is 28.7 Å². The molecule has 0 amide bonds. The Kier molecular flexibility index (Phi) is 14.6. The number of nitrogens with zero attached hydrogens (tertiary/aromatic N) is 4. The number of aryl methyl sites for hydroxylation is 5. The van der Waals surface area contributed by atoms with E-state index >= 15 is 0 Å². The van der Waals surface area contributed by atoms with Gasteiger partial charge in [-0.25, -0.2) is 0 Å². The molecule has 5 aromatic carbocycles. The van der Waals surface area contributed by atoms with Gasteiger partial charge in [0.1, 0.15) is 28.7 Å². The van der Waals surface area contributed by atoms with Gasteiger partial charge in [0.05, 0.1) is 18.3 Å². The summed E-state index contributed by atoms with van der Waals surface area (Å²) in [6.07, 6.45) is -1.42. The first-order chi connectivity index (χ1) is 28.5. The fourth-order valence-electron chi connectivity index (χ4n) is 5.79. The SMILES string of the molecule is Cc1ccccc1OP1(Oc2ccccc2C)=NP(Oc2ccccc2C)(Oc2ccccc2C)=NP(Oc2ccccc2C)(OC(C)C)=NP(OC(C)C)(OC(C)C)=N1. The Bertz CT molecular complexity index is 2420. The number of hydrogen-bond donors (Lipinski definition) is 0. The predicted octanol–water partition coefficient (Wildman–Crippen LogP) is 16.0. The van der Waals surface area contributed by atoms with E-state index in [0.717, 1.165) is 27.8 Å². The van der Waals surface area contributed by atoms with Crippen LogP contribution in [0.2, 0.25) is 0 Å². The summed E-state index contributed by atoms with van der Waals surface area (Å²) < 4.78 is 78.6. The fourth-order valence-corrected chi connectivity index (χ4v) is 18.8. The van der Waals surface area contributed by atoms with Gasteiger partial charge in [0.25, 0.3) is 0 Å². The Morgan fingerprint density at radius 2 is 0.500 bits per heavy atom. The first-order valence-electron chi connectivity index (χ1n) is 19.9. The molecule has 0 fully saturated rings. The Labute approximate surface area is 356 Å². The molecule has 6 rings (SSSR count). The Morgan fingerprint density at radius 3 is 0.767 bits per heavy atom. The maximum Gasteiger partial charge on any atom is 0.460 e. The molecule has 0 saturated carbocycles. The minimum absolute atomic E-state index is 0.453. The summed E-state index contributed by atoms with van der Waals surface area (Å²) in [5.41, 5.74) is 4.04. The van der Waals surface area contributed by atoms with Crippen LogP contribution in [-0.2, 0) is 13.6 Å². The van der Waals surface area contributed by atoms with Gasteiger partial charge in [0.2, 0.25) is 0 Å². The molecule has 0 aliphatic carbocycles. The molecule has 1 aliphatic heterocycles. The first-order valence-corrected chi connectivity index (χ1v) is 26.0. The first kappa shape index (κ1) is 45.4. The molecule has 1 unspecified atom stereocenters. The highest BCUT2D eigenvalue weighted by atomic mass is 31.3. The van der Waals surface area contributed by atoms with Crippen LogP contribution in [0.25, 0.3) is 0 Å². The van der Waals surface area contributed by atoms with Crippen molar-refractivity contribution in [2.24, 2.45) is 18.1 Å². The predicted molar refractivity (Wildman–Crippen MR) is 245 cm³/mol. The highest BCUT2D eigenvalue weighted by molar-refractivity contribution is 7.79. The molecule has 1 atom stereocenters. The van der Waals surface area contributed by atoms with E-state index in [9.17, 15) is 0 Å². The summed E-state index contributed by atoms with van der Waals surface area (Å²) in [6.45, 7) is 21.0. The van der Waals surface area contributed by atoms with Gasteiger partial charge in [0, 0.05) is 0 Å². The van der Waals surface area contributed by atoms with Crippen LogP contribution in [0.3, 0.4) is 0 Å². The van der Waals surface area contributed by atoms with Gasteiger partial charge in [-0.3, -0.25) is 4.52 Å². The second-order valence-electron chi connectivity index (χ2n) is 15.1. The van der Waals surface area contributed by atoms with E-state index in [4.69, 9.17) is 54.3 Å². The lowest BCUT2D eigenvalue weighted by Crippen LogP contribution is -2.13. The number of rotatable bonds is 16. The van der Waals surface area contributed by atoms with E-state index in [-0.39, 0.29) is 0 Å². The van der Waals surface area contributed by atoms with Gasteiger partial charge in [-0.1, -0.05) is 95.5 Å². The van der Waals surface area contributed by atoms with Gasteiger partial charge in [-0.2, -0.15) is 0 Å². The lowest BCUT2D eigenvalue weighted by molar-refractivity contribution is 0.168. The van der Waals surface area contributed by atoms with E-state index < -0.39 is 48.9 Å². The molecule has 1 aliphatic rings. The van der Waals surface area contributed by atoms with Crippen molar-refractivity contribution < 1.29 is 36.2 Å². The summed E-state index contributed by atoms with van der Waals surface area (Å²) >= 11 is 0. The van der Waals surface area contributed by atoms with Crippen LogP contribution in [0.15, 0.2) is 139 Å². The average Bonchev–Trinajstić information content (AvgIpc) is 3.15. The van der Waals surface area contributed by atoms with Crippen LogP contribution in [0, 0.1) is 34.6 Å². The number of para-hydroxylation sites is 5. The molecule has 12 nitrogen and oxygen atoms in total. The Balaban J connectivity index is 1.90. The van der Waals surface area contributed by atoms with Gasteiger partial charge >= 0.3 is 30.6 Å². The summed E-state index contributed by atoms with van der Waals surface area (Å²) in [6, 6.07) is 37.9. The second-order valence-corrected chi connectivity index (χ2v) is 23.4. The number of hydrogen-bond acceptors (Lipinski definition) is 12. The van der Waals surface area contributed by atoms with Crippen LogP contribution >= 0.6 is 30.6 Å². The molecular weight excluding hydrogens is 836 g/mol. The topological polar surface area (TPSA) is 123 Å². The molecule has 0 aromatic heterocycles. The smallest absolute Gasteiger partial charge is 0.422 e. The van der Waals surface area contributed by atoms with Crippen molar-refractivity contribution in [3.05, 3.63) is 149 Å². The van der Waals surface area contributed by atoms with Crippen molar-refractivity contribution in [2.45, 2.75) is 94.5 Å². The Morgan fingerprint density at radius 1 is 0.300 bits per heavy atom. The molecule has 0 N–H and O–H groups in total. The van der Waals surface area contributed by atoms with E-state index in [1.807, 2.05) is 197 Å². The minimum Gasteiger partial charge on any atom is -0.422 e. The van der Waals surface area contributed by atoms with E-state index in [1.54, 1.807) is 0 Å². The maximum atomic E-state index is 7.20. The molecule has 0 bridgehead atoms. The highest BCUT2D eigenvalue weighted by Crippen LogP contribution is 2.80. The summed E-state index contributed by atoms with van der Waals surface area (Å²) in [7, 11) is -16.6. The van der Waals surface area contributed by atoms with Gasteiger partial charge in [-0.15, -0.1) is 13.5 Å². The standard InChI is InChI=1S/C44H56N4O8P4/c1-32(2)49-57(50-33(3)4)45-58(51-34(5)6,52-40-27-17-12-22-35(40)7)47-60(55-43-30-20-15-25-38(43)10,56-44-31-21-16-26-39(44)11)48-59(46-57,53-41-28-18-13-23-36(41)8)54-42-29-19-14-24-37(42)9/h12-34H,1-11H3. The van der Waals surface area contributed by atoms with Crippen molar-refractivity contribution in [2.75, 3.05) is 0 Å². The molecule has 1 heterocycles. The molecule has 60 heavy (non-hydrogen) atoms.